The molecule has 12 heteroatoms. The smallest absolute Gasteiger partial charge is 0.322 e. The molecule has 0 saturated heterocycles. The molecule has 1 aromatic carbocycles. The molecule has 1 aliphatic heterocycles. The average molecular weight is 628 g/mol. The third-order valence-corrected chi connectivity index (χ3v) is 9.68. The van der Waals surface area contributed by atoms with E-state index in [1.807, 2.05) is 18.2 Å². The van der Waals surface area contributed by atoms with Crippen LogP contribution in [-0.2, 0) is 35.1 Å². The number of carboxylic acid groups (broad SMARTS) is 2. The van der Waals surface area contributed by atoms with E-state index in [1.165, 1.54) is 22.9 Å². The summed E-state index contributed by atoms with van der Waals surface area (Å²) in [5.41, 5.74) is 8.97. The SMILES string of the molecule is N[C@@H](CCC(=O)N[C@@H](CS[C@@H]1CCCCCC[C@H]2CC(Cc3ccccc3)=C[C@H]3C(=O)OC1=C23)C(=O)NCC(=O)O)C(=O)O. The van der Waals surface area contributed by atoms with Gasteiger partial charge in [-0.15, -0.1) is 11.8 Å². The van der Waals surface area contributed by atoms with Crippen LogP contribution in [0.3, 0.4) is 0 Å². The minimum absolute atomic E-state index is 0.103. The lowest BCUT2D eigenvalue weighted by Gasteiger charge is -2.30. The molecule has 0 spiro atoms. The Bertz CT molecular complexity index is 1300. The number of thioether (sulfide) groups is 1. The second-order valence-electron chi connectivity index (χ2n) is 11.6. The van der Waals surface area contributed by atoms with Crippen LogP contribution in [0.25, 0.3) is 0 Å². The highest BCUT2D eigenvalue weighted by atomic mass is 32.2. The molecule has 1 aromatic rings. The maximum atomic E-state index is 13.3. The van der Waals surface area contributed by atoms with Gasteiger partial charge in [0, 0.05) is 12.2 Å². The van der Waals surface area contributed by atoms with E-state index in [4.69, 9.17) is 20.7 Å². The van der Waals surface area contributed by atoms with Gasteiger partial charge in [-0.25, -0.2) is 0 Å². The summed E-state index contributed by atoms with van der Waals surface area (Å²) in [6, 6.07) is 7.89. The minimum Gasteiger partial charge on any atom is -0.480 e. The number of benzene rings is 1. The number of hydrogen-bond acceptors (Lipinski definition) is 8. The monoisotopic (exact) mass is 627 g/mol. The lowest BCUT2D eigenvalue weighted by Crippen LogP contribution is -2.49. The van der Waals surface area contributed by atoms with E-state index in [-0.39, 0.29) is 35.7 Å². The molecule has 2 aliphatic carbocycles. The second-order valence-corrected chi connectivity index (χ2v) is 12.9. The third-order valence-electron chi connectivity index (χ3n) is 8.30. The molecular weight excluding hydrogens is 586 g/mol. The van der Waals surface area contributed by atoms with Crippen molar-refractivity contribution in [3.63, 3.8) is 0 Å². The van der Waals surface area contributed by atoms with E-state index in [0.29, 0.717) is 5.76 Å². The molecule has 0 radical (unpaired) electrons. The molecule has 1 heterocycles. The maximum absolute atomic E-state index is 13.3. The van der Waals surface area contributed by atoms with Crippen LogP contribution in [-0.4, -0.2) is 69.6 Å². The van der Waals surface area contributed by atoms with Crippen molar-refractivity contribution >= 4 is 41.5 Å². The summed E-state index contributed by atoms with van der Waals surface area (Å²) in [7, 11) is 0. The highest BCUT2D eigenvalue weighted by molar-refractivity contribution is 8.00. The Labute approximate surface area is 261 Å². The minimum atomic E-state index is -1.23. The van der Waals surface area contributed by atoms with Crippen molar-refractivity contribution in [2.24, 2.45) is 17.6 Å². The summed E-state index contributed by atoms with van der Waals surface area (Å²) in [6.07, 6.45) is 9.15. The van der Waals surface area contributed by atoms with Crippen LogP contribution in [0.15, 0.2) is 53.3 Å². The highest BCUT2D eigenvalue weighted by Gasteiger charge is 2.44. The normalized spacial score (nSPS) is 23.0. The maximum Gasteiger partial charge on any atom is 0.322 e. The van der Waals surface area contributed by atoms with Crippen LogP contribution in [0.5, 0.6) is 0 Å². The van der Waals surface area contributed by atoms with Gasteiger partial charge in [0.2, 0.25) is 11.8 Å². The zero-order chi connectivity index (χ0) is 31.6. The number of ether oxygens (including phenoxy) is 1. The number of carbonyl (C=O) groups excluding carboxylic acids is 3. The van der Waals surface area contributed by atoms with Gasteiger partial charge in [-0.1, -0.05) is 67.7 Å². The molecule has 0 bridgehead atoms. The van der Waals surface area contributed by atoms with Gasteiger partial charge in [-0.3, -0.25) is 24.0 Å². The second kappa shape index (κ2) is 15.9. The molecule has 11 nitrogen and oxygen atoms in total. The lowest BCUT2D eigenvalue weighted by molar-refractivity contribution is -0.140. The van der Waals surface area contributed by atoms with Gasteiger partial charge in [-0.2, -0.15) is 0 Å². The van der Waals surface area contributed by atoms with E-state index >= 15 is 0 Å². The number of aliphatic carboxylic acids is 2. The molecule has 0 unspecified atom stereocenters. The van der Waals surface area contributed by atoms with Crippen molar-refractivity contribution in [1.82, 2.24) is 10.6 Å². The summed E-state index contributed by atoms with van der Waals surface area (Å²) < 4.78 is 6.00. The zero-order valence-corrected chi connectivity index (χ0v) is 25.5. The van der Waals surface area contributed by atoms with E-state index in [2.05, 4.69) is 28.8 Å². The Hall–Kier alpha value is -3.64. The van der Waals surface area contributed by atoms with Crippen molar-refractivity contribution in [1.29, 1.82) is 0 Å². The Morgan fingerprint density at radius 1 is 1.05 bits per heavy atom. The van der Waals surface area contributed by atoms with Crippen LogP contribution < -0.4 is 16.4 Å². The van der Waals surface area contributed by atoms with Gasteiger partial charge in [-0.05, 0) is 49.2 Å². The molecule has 238 valence electrons. The Morgan fingerprint density at radius 2 is 1.77 bits per heavy atom. The van der Waals surface area contributed by atoms with Crippen LogP contribution in [0.2, 0.25) is 0 Å². The average Bonchev–Trinajstić information content (AvgIpc) is 3.33. The molecule has 0 saturated carbocycles. The van der Waals surface area contributed by atoms with Gasteiger partial charge in [0.05, 0.1) is 5.25 Å². The van der Waals surface area contributed by atoms with Crippen LogP contribution in [0.1, 0.15) is 63.4 Å². The number of rotatable bonds is 13. The van der Waals surface area contributed by atoms with Crippen molar-refractivity contribution in [2.45, 2.75) is 81.5 Å². The van der Waals surface area contributed by atoms with Crippen molar-refractivity contribution in [2.75, 3.05) is 12.3 Å². The molecule has 5 atom stereocenters. The number of carbonyl (C=O) groups is 5. The number of allylic oxidation sites excluding steroid dienone is 1. The zero-order valence-electron chi connectivity index (χ0n) is 24.7. The summed E-state index contributed by atoms with van der Waals surface area (Å²) in [5.74, 6) is -3.47. The fraction of sp³-hybridized carbons (Fsp3) is 0.531. The van der Waals surface area contributed by atoms with Crippen molar-refractivity contribution < 1.29 is 38.9 Å². The summed E-state index contributed by atoms with van der Waals surface area (Å²) in [4.78, 5) is 60.9. The first-order valence-corrected chi connectivity index (χ1v) is 16.2. The van der Waals surface area contributed by atoms with Crippen molar-refractivity contribution in [3.05, 3.63) is 58.9 Å². The third kappa shape index (κ3) is 9.18. The first-order valence-electron chi connectivity index (χ1n) is 15.2. The lowest BCUT2D eigenvalue weighted by atomic mass is 9.74. The topological polar surface area (TPSA) is 185 Å². The number of carboxylic acids is 2. The Balaban J connectivity index is 1.53. The molecule has 44 heavy (non-hydrogen) atoms. The number of amides is 2. The van der Waals surface area contributed by atoms with E-state index in [9.17, 15) is 24.0 Å². The van der Waals surface area contributed by atoms with Crippen molar-refractivity contribution in [3.8, 4) is 0 Å². The predicted molar refractivity (Wildman–Crippen MR) is 164 cm³/mol. The first kappa shape index (κ1) is 33.3. The van der Waals surface area contributed by atoms with Gasteiger partial charge in [0.1, 0.15) is 30.3 Å². The van der Waals surface area contributed by atoms with Gasteiger partial charge in [0.25, 0.3) is 0 Å². The molecule has 0 aromatic heterocycles. The molecule has 6 N–H and O–H groups in total. The standard InChI is InChI=1S/C32H41N3O8S/c33-23(31(40)41)12-13-26(36)35-24(30(39)34-17-27(37)38)18-44-25-11-7-2-1-6-10-21-15-20(14-19-8-4-3-5-9-19)16-22-28(21)29(25)43-32(22)42/h3-5,8-9,16,21-25H,1-2,6-7,10-15,17-18,33H2,(H,34,39)(H,35,36)(H,37,38)(H,40,41)/t21-,22+,23-,24-,25+/m0/s1. The molecule has 2 amide bonds. The largest absolute Gasteiger partial charge is 0.480 e. The summed E-state index contributed by atoms with van der Waals surface area (Å²) >= 11 is 1.40. The quantitative estimate of drug-likeness (QED) is 0.161. The molecule has 0 fully saturated rings. The number of hydrogen-bond donors (Lipinski definition) is 5. The summed E-state index contributed by atoms with van der Waals surface area (Å²) in [6.45, 7) is -0.614. The van der Waals surface area contributed by atoms with E-state index in [1.54, 1.807) is 0 Å². The van der Waals surface area contributed by atoms with Gasteiger partial charge < -0.3 is 31.3 Å². The van der Waals surface area contributed by atoms with E-state index < -0.39 is 48.3 Å². The number of nitrogens with two attached hydrogens (primary N) is 1. The number of nitrogens with one attached hydrogen (secondary N) is 2. The predicted octanol–water partition coefficient (Wildman–Crippen LogP) is 2.94. The van der Waals surface area contributed by atoms with Crippen LogP contribution in [0, 0.1) is 11.8 Å². The molecular formula is C32H41N3O8S. The van der Waals surface area contributed by atoms with Gasteiger partial charge >= 0.3 is 17.9 Å². The first-order chi connectivity index (χ1) is 21.1. The molecule has 4 rings (SSSR count). The number of esters is 1. The fourth-order valence-corrected chi connectivity index (χ4v) is 7.40. The van der Waals surface area contributed by atoms with Gasteiger partial charge in [0.15, 0.2) is 0 Å². The Kier molecular flexibility index (Phi) is 12.0. The Morgan fingerprint density at radius 3 is 2.48 bits per heavy atom. The van der Waals surface area contributed by atoms with E-state index in [0.717, 1.165) is 56.9 Å². The fourth-order valence-electron chi connectivity index (χ4n) is 6.07. The molecule has 3 aliphatic rings. The van der Waals surface area contributed by atoms with Crippen LogP contribution in [0.4, 0.5) is 0 Å². The summed E-state index contributed by atoms with van der Waals surface area (Å²) in [5, 5.41) is 22.8. The highest BCUT2D eigenvalue weighted by Crippen LogP contribution is 2.47. The van der Waals surface area contributed by atoms with Crippen LogP contribution >= 0.6 is 11.8 Å².